The number of pyridine rings is 1. The van der Waals surface area contributed by atoms with Gasteiger partial charge in [0.1, 0.15) is 11.4 Å². The molecule has 5 heteroatoms. The first kappa shape index (κ1) is 12.4. The van der Waals surface area contributed by atoms with Crippen molar-refractivity contribution in [3.8, 4) is 0 Å². The Morgan fingerprint density at radius 3 is 2.82 bits per heavy atom. The Balaban J connectivity index is 2.38. The van der Waals surface area contributed by atoms with Gasteiger partial charge in [0.05, 0.1) is 5.69 Å². The summed E-state index contributed by atoms with van der Waals surface area (Å²) in [5, 5.41) is 2.88. The number of anilines is 1. The fourth-order valence-electron chi connectivity index (χ4n) is 1.98. The number of nitrogens with one attached hydrogen (secondary N) is 1. The van der Waals surface area contributed by atoms with E-state index < -0.39 is 5.54 Å². The summed E-state index contributed by atoms with van der Waals surface area (Å²) in [7, 11) is 0. The minimum atomic E-state index is -0.550. The monoisotopic (exact) mass is 297 g/mol. The lowest BCUT2D eigenvalue weighted by molar-refractivity contribution is -0.126. The van der Waals surface area contributed by atoms with Gasteiger partial charge in [-0.25, -0.2) is 4.98 Å². The average Bonchev–Trinajstić information content (AvgIpc) is 2.26. The Labute approximate surface area is 110 Å². The molecule has 1 aliphatic rings. The second-order valence-corrected chi connectivity index (χ2v) is 5.56. The molecule has 92 valence electrons. The lowest BCUT2D eigenvalue weighted by Crippen LogP contribution is -2.62. The summed E-state index contributed by atoms with van der Waals surface area (Å²) >= 11 is 3.43. The number of carbonyl (C=O) groups is 1. The Morgan fingerprint density at radius 2 is 2.18 bits per heavy atom. The summed E-state index contributed by atoms with van der Waals surface area (Å²) in [6.45, 7) is 7.23. The van der Waals surface area contributed by atoms with Gasteiger partial charge in [-0.1, -0.05) is 0 Å². The van der Waals surface area contributed by atoms with Gasteiger partial charge in [0.25, 0.3) is 0 Å². The number of aryl methyl sites for hydroxylation is 1. The number of halogens is 1. The van der Waals surface area contributed by atoms with Gasteiger partial charge in [-0.2, -0.15) is 0 Å². The average molecular weight is 298 g/mol. The molecule has 2 rings (SSSR count). The first-order chi connectivity index (χ1) is 7.93. The van der Waals surface area contributed by atoms with Crippen LogP contribution < -0.4 is 10.2 Å². The third kappa shape index (κ3) is 2.16. The van der Waals surface area contributed by atoms with Crippen LogP contribution in [0, 0.1) is 6.92 Å². The molecule has 0 unspecified atom stereocenters. The van der Waals surface area contributed by atoms with Crippen molar-refractivity contribution in [3.63, 3.8) is 0 Å². The molecule has 1 fully saturated rings. The minimum absolute atomic E-state index is 0.0473. The highest BCUT2D eigenvalue weighted by Gasteiger charge is 2.38. The molecule has 1 N–H and O–H groups in total. The van der Waals surface area contributed by atoms with Crippen LogP contribution >= 0.6 is 15.9 Å². The van der Waals surface area contributed by atoms with Crippen LogP contribution in [0.3, 0.4) is 0 Å². The summed E-state index contributed by atoms with van der Waals surface area (Å²) in [5.41, 5.74) is 0.384. The Morgan fingerprint density at radius 1 is 1.47 bits per heavy atom. The topological polar surface area (TPSA) is 45.2 Å². The van der Waals surface area contributed by atoms with Crippen LogP contribution in [0.1, 0.15) is 19.5 Å². The van der Waals surface area contributed by atoms with Crippen molar-refractivity contribution in [2.24, 2.45) is 0 Å². The zero-order valence-corrected chi connectivity index (χ0v) is 11.8. The molecule has 0 aliphatic carbocycles. The molecule has 0 spiro atoms. The molecule has 17 heavy (non-hydrogen) atoms. The van der Waals surface area contributed by atoms with Crippen LogP contribution in [0.15, 0.2) is 16.6 Å². The van der Waals surface area contributed by atoms with Crippen molar-refractivity contribution in [2.75, 3.05) is 18.0 Å². The first-order valence-electron chi connectivity index (χ1n) is 5.62. The fraction of sp³-hybridized carbons (Fsp3) is 0.500. The zero-order chi connectivity index (χ0) is 12.6. The van der Waals surface area contributed by atoms with E-state index in [0.717, 1.165) is 22.5 Å². The van der Waals surface area contributed by atoms with E-state index in [1.807, 2.05) is 37.8 Å². The smallest absolute Gasteiger partial charge is 0.245 e. The molecule has 1 aliphatic heterocycles. The molecule has 1 amide bonds. The second kappa shape index (κ2) is 4.29. The molecule has 0 atom stereocenters. The summed E-state index contributed by atoms with van der Waals surface area (Å²) < 4.78 is 0.987. The van der Waals surface area contributed by atoms with Crippen molar-refractivity contribution in [2.45, 2.75) is 26.3 Å². The van der Waals surface area contributed by atoms with Crippen LogP contribution in [-0.4, -0.2) is 29.5 Å². The highest BCUT2D eigenvalue weighted by atomic mass is 79.9. The lowest BCUT2D eigenvalue weighted by atomic mass is 9.99. The number of rotatable bonds is 1. The molecule has 0 saturated carbocycles. The van der Waals surface area contributed by atoms with E-state index >= 15 is 0 Å². The highest BCUT2D eigenvalue weighted by Crippen LogP contribution is 2.26. The molecular weight excluding hydrogens is 282 g/mol. The summed E-state index contributed by atoms with van der Waals surface area (Å²) in [5.74, 6) is 0.900. The van der Waals surface area contributed by atoms with E-state index in [1.165, 1.54) is 0 Å². The van der Waals surface area contributed by atoms with Gasteiger partial charge in [0, 0.05) is 17.6 Å². The van der Waals surface area contributed by atoms with E-state index in [-0.39, 0.29) is 5.91 Å². The molecule has 1 saturated heterocycles. The Hall–Kier alpha value is -1.10. The predicted octanol–water partition coefficient (Wildman–Crippen LogP) is 1.87. The van der Waals surface area contributed by atoms with Gasteiger partial charge in [-0.3, -0.25) is 4.79 Å². The fourth-order valence-corrected chi connectivity index (χ4v) is 2.20. The minimum Gasteiger partial charge on any atom is -0.352 e. The molecule has 0 radical (unpaired) electrons. The van der Waals surface area contributed by atoms with Crippen molar-refractivity contribution in [1.82, 2.24) is 10.3 Å². The third-order valence-electron chi connectivity index (χ3n) is 3.13. The normalized spacial score (nSPS) is 19.1. The van der Waals surface area contributed by atoms with Gasteiger partial charge in [-0.15, -0.1) is 0 Å². The molecule has 0 bridgehead atoms. The molecule has 1 aromatic rings. The number of aromatic nitrogens is 1. The third-order valence-corrected chi connectivity index (χ3v) is 3.97. The standard InChI is InChI=1S/C12H16BrN3O/c1-8-9(13)4-5-10(15-8)16-7-6-14-11(17)12(16,2)3/h4-5H,6-7H2,1-3H3,(H,14,17). The van der Waals surface area contributed by atoms with Crippen LogP contribution in [0.25, 0.3) is 0 Å². The van der Waals surface area contributed by atoms with Crippen molar-refractivity contribution in [1.29, 1.82) is 0 Å². The number of piperazine rings is 1. The predicted molar refractivity (Wildman–Crippen MR) is 71.1 cm³/mol. The Kier molecular flexibility index (Phi) is 3.12. The maximum absolute atomic E-state index is 11.9. The van der Waals surface area contributed by atoms with E-state index in [9.17, 15) is 4.79 Å². The molecule has 2 heterocycles. The lowest BCUT2D eigenvalue weighted by Gasteiger charge is -2.42. The van der Waals surface area contributed by atoms with Gasteiger partial charge in [0.15, 0.2) is 0 Å². The summed E-state index contributed by atoms with van der Waals surface area (Å²) in [6, 6.07) is 3.91. The number of nitrogens with zero attached hydrogens (tertiary/aromatic N) is 2. The Bertz CT molecular complexity index is 459. The van der Waals surface area contributed by atoms with Gasteiger partial charge >= 0.3 is 0 Å². The quantitative estimate of drug-likeness (QED) is 0.861. The van der Waals surface area contributed by atoms with Gasteiger partial charge < -0.3 is 10.2 Å². The largest absolute Gasteiger partial charge is 0.352 e. The van der Waals surface area contributed by atoms with Gasteiger partial charge in [-0.05, 0) is 48.8 Å². The first-order valence-corrected chi connectivity index (χ1v) is 6.41. The zero-order valence-electron chi connectivity index (χ0n) is 10.2. The van der Waals surface area contributed by atoms with Crippen LogP contribution in [-0.2, 0) is 4.79 Å². The summed E-state index contributed by atoms with van der Waals surface area (Å²) in [6.07, 6.45) is 0. The number of carbonyl (C=O) groups excluding carboxylic acids is 1. The maximum atomic E-state index is 11.9. The van der Waals surface area contributed by atoms with Crippen LogP contribution in [0.5, 0.6) is 0 Å². The van der Waals surface area contributed by atoms with Crippen molar-refractivity contribution < 1.29 is 4.79 Å². The van der Waals surface area contributed by atoms with E-state index in [1.54, 1.807) is 0 Å². The van der Waals surface area contributed by atoms with Crippen molar-refractivity contribution >= 4 is 27.7 Å². The van der Waals surface area contributed by atoms with Crippen LogP contribution in [0.2, 0.25) is 0 Å². The van der Waals surface area contributed by atoms with E-state index in [2.05, 4.69) is 26.2 Å². The van der Waals surface area contributed by atoms with E-state index in [0.29, 0.717) is 6.54 Å². The molecule has 1 aromatic heterocycles. The van der Waals surface area contributed by atoms with Gasteiger partial charge in [0.2, 0.25) is 5.91 Å². The highest BCUT2D eigenvalue weighted by molar-refractivity contribution is 9.10. The number of amides is 1. The van der Waals surface area contributed by atoms with Crippen LogP contribution in [0.4, 0.5) is 5.82 Å². The van der Waals surface area contributed by atoms with Crippen molar-refractivity contribution in [3.05, 3.63) is 22.3 Å². The maximum Gasteiger partial charge on any atom is 0.245 e. The molecule has 4 nitrogen and oxygen atoms in total. The molecular formula is C12H16BrN3O. The molecule has 0 aromatic carbocycles. The van der Waals surface area contributed by atoms with E-state index in [4.69, 9.17) is 0 Å². The second-order valence-electron chi connectivity index (χ2n) is 4.70. The number of hydrogen-bond acceptors (Lipinski definition) is 3. The summed E-state index contributed by atoms with van der Waals surface area (Å²) in [4.78, 5) is 18.4. The number of hydrogen-bond donors (Lipinski definition) is 1. The SMILES string of the molecule is Cc1nc(N2CCNC(=O)C2(C)C)ccc1Br.